The van der Waals surface area contributed by atoms with E-state index < -0.39 is 6.10 Å². The van der Waals surface area contributed by atoms with Crippen LogP contribution in [-0.4, -0.2) is 17.7 Å². The molecule has 2 atom stereocenters. The lowest BCUT2D eigenvalue weighted by atomic mass is 9.96. The van der Waals surface area contributed by atoms with Gasteiger partial charge < -0.3 is 21.3 Å². The molecule has 0 aliphatic carbocycles. The molecule has 22 heavy (non-hydrogen) atoms. The Hall–Kier alpha value is -1.88. The van der Waals surface area contributed by atoms with E-state index in [1.807, 2.05) is 55.5 Å². The fourth-order valence-electron chi connectivity index (χ4n) is 2.39. The number of rotatable bonds is 7. The number of ether oxygens (including phenoxy) is 1. The molecule has 118 valence electrons. The molecule has 0 heterocycles. The van der Waals surface area contributed by atoms with Crippen LogP contribution in [0, 0.1) is 6.92 Å². The third-order valence-corrected chi connectivity index (χ3v) is 3.71. The summed E-state index contributed by atoms with van der Waals surface area (Å²) in [7, 11) is 0. The van der Waals surface area contributed by atoms with E-state index in [0.717, 1.165) is 22.4 Å². The quantitative estimate of drug-likeness (QED) is 0.733. The fraction of sp³-hybridized carbons (Fsp3) is 0.333. The topological polar surface area (TPSA) is 81.5 Å². The zero-order valence-electron chi connectivity index (χ0n) is 12.9. The maximum Gasteiger partial charge on any atom is 0.120 e. The smallest absolute Gasteiger partial charge is 0.120 e. The normalized spacial score (nSPS) is 13.6. The number of nitrogens with two attached hydrogens (primary N) is 2. The second kappa shape index (κ2) is 7.94. The van der Waals surface area contributed by atoms with Crippen molar-refractivity contribution in [2.45, 2.75) is 32.1 Å². The van der Waals surface area contributed by atoms with Crippen LogP contribution in [0.25, 0.3) is 0 Å². The van der Waals surface area contributed by atoms with Crippen molar-refractivity contribution < 1.29 is 9.84 Å². The van der Waals surface area contributed by atoms with Crippen molar-refractivity contribution in [1.29, 1.82) is 0 Å². The van der Waals surface area contributed by atoms with Crippen molar-refractivity contribution in [2.24, 2.45) is 11.5 Å². The minimum atomic E-state index is -0.702. The van der Waals surface area contributed by atoms with Gasteiger partial charge in [0.05, 0.1) is 6.10 Å². The highest BCUT2D eigenvalue weighted by atomic mass is 16.5. The van der Waals surface area contributed by atoms with Crippen LogP contribution in [0.4, 0.5) is 0 Å². The van der Waals surface area contributed by atoms with Gasteiger partial charge in [-0.15, -0.1) is 0 Å². The van der Waals surface area contributed by atoms with E-state index in [1.54, 1.807) is 0 Å². The second-order valence-corrected chi connectivity index (χ2v) is 5.48. The number of aliphatic hydroxyl groups excluding tert-OH is 1. The van der Waals surface area contributed by atoms with Crippen LogP contribution in [-0.2, 0) is 6.61 Å². The van der Waals surface area contributed by atoms with Crippen LogP contribution < -0.4 is 16.2 Å². The predicted molar refractivity (Wildman–Crippen MR) is 88.6 cm³/mol. The molecule has 2 aromatic rings. The van der Waals surface area contributed by atoms with Gasteiger partial charge in [0, 0.05) is 6.04 Å². The van der Waals surface area contributed by atoms with Gasteiger partial charge in [0.15, 0.2) is 0 Å². The third-order valence-electron chi connectivity index (χ3n) is 3.71. The first-order valence-corrected chi connectivity index (χ1v) is 7.53. The van der Waals surface area contributed by atoms with E-state index in [2.05, 4.69) is 0 Å². The summed E-state index contributed by atoms with van der Waals surface area (Å²) in [6.45, 7) is 2.94. The minimum Gasteiger partial charge on any atom is -0.489 e. The van der Waals surface area contributed by atoms with Gasteiger partial charge in [-0.05, 0) is 48.7 Å². The molecule has 5 N–H and O–H groups in total. The van der Waals surface area contributed by atoms with Gasteiger partial charge >= 0.3 is 0 Å². The van der Waals surface area contributed by atoms with Gasteiger partial charge in [0.1, 0.15) is 12.4 Å². The molecule has 2 unspecified atom stereocenters. The van der Waals surface area contributed by atoms with Crippen molar-refractivity contribution in [3.63, 3.8) is 0 Å². The molecule has 4 nitrogen and oxygen atoms in total. The van der Waals surface area contributed by atoms with E-state index in [-0.39, 0.29) is 6.04 Å². The average molecular weight is 300 g/mol. The van der Waals surface area contributed by atoms with Crippen molar-refractivity contribution >= 4 is 0 Å². The van der Waals surface area contributed by atoms with Crippen molar-refractivity contribution in [3.8, 4) is 5.75 Å². The Bertz CT molecular complexity index is 587. The SMILES string of the molecule is Cc1cc(OCc2ccccc2)ccc1C(O)C(N)CCN. The molecule has 2 aromatic carbocycles. The average Bonchev–Trinajstić information content (AvgIpc) is 2.53. The van der Waals surface area contributed by atoms with E-state index in [4.69, 9.17) is 16.2 Å². The Kier molecular flexibility index (Phi) is 5.95. The predicted octanol–water partition coefficient (Wildman–Crippen LogP) is 2.28. The first-order valence-electron chi connectivity index (χ1n) is 7.53. The van der Waals surface area contributed by atoms with Crippen molar-refractivity contribution in [2.75, 3.05) is 6.54 Å². The first-order chi connectivity index (χ1) is 10.6. The van der Waals surface area contributed by atoms with Crippen LogP contribution in [0.15, 0.2) is 48.5 Å². The van der Waals surface area contributed by atoms with Crippen LogP contribution in [0.2, 0.25) is 0 Å². The lowest BCUT2D eigenvalue weighted by Gasteiger charge is -2.21. The number of aliphatic hydroxyl groups is 1. The Morgan fingerprint density at radius 2 is 1.86 bits per heavy atom. The monoisotopic (exact) mass is 300 g/mol. The number of hydrogen-bond donors (Lipinski definition) is 3. The highest BCUT2D eigenvalue weighted by Crippen LogP contribution is 2.25. The van der Waals surface area contributed by atoms with Crippen LogP contribution >= 0.6 is 0 Å². The van der Waals surface area contributed by atoms with Crippen LogP contribution in [0.5, 0.6) is 5.75 Å². The molecule has 0 saturated carbocycles. The largest absolute Gasteiger partial charge is 0.489 e. The van der Waals surface area contributed by atoms with E-state index in [0.29, 0.717) is 19.6 Å². The second-order valence-electron chi connectivity index (χ2n) is 5.48. The van der Waals surface area contributed by atoms with Gasteiger partial charge in [0.2, 0.25) is 0 Å². The van der Waals surface area contributed by atoms with Crippen LogP contribution in [0.1, 0.15) is 29.2 Å². The minimum absolute atomic E-state index is 0.347. The number of benzene rings is 2. The summed E-state index contributed by atoms with van der Waals surface area (Å²) in [5.41, 5.74) is 14.3. The highest BCUT2D eigenvalue weighted by molar-refractivity contribution is 5.36. The standard InChI is InChI=1S/C18H24N2O2/c1-13-11-15(22-12-14-5-3-2-4-6-14)7-8-16(13)18(21)17(20)9-10-19/h2-8,11,17-18,21H,9-10,12,19-20H2,1H3. The molecular weight excluding hydrogens is 276 g/mol. The summed E-state index contributed by atoms with van der Waals surface area (Å²) < 4.78 is 5.78. The molecular formula is C18H24N2O2. The molecule has 4 heteroatoms. The molecule has 0 spiro atoms. The molecule has 2 rings (SSSR count). The summed E-state index contributed by atoms with van der Waals surface area (Å²) in [6, 6.07) is 15.3. The molecule has 0 aliphatic heterocycles. The summed E-state index contributed by atoms with van der Waals surface area (Å²) >= 11 is 0. The van der Waals surface area contributed by atoms with Crippen LogP contribution in [0.3, 0.4) is 0 Å². The maximum atomic E-state index is 10.3. The lowest BCUT2D eigenvalue weighted by molar-refractivity contribution is 0.142. The molecule has 0 aliphatic rings. The van der Waals surface area contributed by atoms with E-state index in [1.165, 1.54) is 0 Å². The summed E-state index contributed by atoms with van der Waals surface area (Å²) in [6.07, 6.45) is -0.112. The van der Waals surface area contributed by atoms with Crippen molar-refractivity contribution in [3.05, 3.63) is 65.2 Å². The number of hydrogen-bond acceptors (Lipinski definition) is 4. The van der Waals surface area contributed by atoms with Gasteiger partial charge in [-0.2, -0.15) is 0 Å². The Morgan fingerprint density at radius 3 is 2.50 bits per heavy atom. The van der Waals surface area contributed by atoms with Gasteiger partial charge in [-0.25, -0.2) is 0 Å². The number of aryl methyl sites for hydroxylation is 1. The van der Waals surface area contributed by atoms with Gasteiger partial charge in [-0.1, -0.05) is 36.4 Å². The third kappa shape index (κ3) is 4.31. The Labute approximate surface area is 131 Å². The molecule has 0 saturated heterocycles. The summed E-state index contributed by atoms with van der Waals surface area (Å²) in [5, 5.41) is 10.3. The zero-order chi connectivity index (χ0) is 15.9. The fourth-order valence-corrected chi connectivity index (χ4v) is 2.39. The highest BCUT2D eigenvalue weighted by Gasteiger charge is 2.18. The summed E-state index contributed by atoms with van der Waals surface area (Å²) in [5.74, 6) is 0.782. The Morgan fingerprint density at radius 1 is 1.14 bits per heavy atom. The first kappa shape index (κ1) is 16.5. The van der Waals surface area contributed by atoms with Gasteiger partial charge in [0.25, 0.3) is 0 Å². The van der Waals surface area contributed by atoms with Gasteiger partial charge in [-0.3, -0.25) is 0 Å². The summed E-state index contributed by atoms with van der Waals surface area (Å²) in [4.78, 5) is 0. The molecule has 0 radical (unpaired) electrons. The van der Waals surface area contributed by atoms with E-state index in [9.17, 15) is 5.11 Å². The Balaban J connectivity index is 2.03. The molecule has 0 amide bonds. The molecule has 0 bridgehead atoms. The zero-order valence-corrected chi connectivity index (χ0v) is 12.9. The molecule has 0 fully saturated rings. The van der Waals surface area contributed by atoms with E-state index >= 15 is 0 Å². The molecule has 0 aromatic heterocycles. The van der Waals surface area contributed by atoms with Crippen molar-refractivity contribution in [1.82, 2.24) is 0 Å². The maximum absolute atomic E-state index is 10.3. The lowest BCUT2D eigenvalue weighted by Crippen LogP contribution is -2.31.